The maximum absolute atomic E-state index is 11.3. The minimum absolute atomic E-state index is 0.156. The predicted molar refractivity (Wildman–Crippen MR) is 107 cm³/mol. The monoisotopic (exact) mass is 398 g/mol. The number of rotatable bonds is 5. The third kappa shape index (κ3) is 4.27. The van der Waals surface area contributed by atoms with Crippen molar-refractivity contribution in [1.29, 1.82) is 0 Å². The summed E-state index contributed by atoms with van der Waals surface area (Å²) in [6.45, 7) is 7.24. The number of carbonyl (C=O) groups excluding carboxylic acids is 1. The van der Waals surface area contributed by atoms with Gasteiger partial charge in [0.2, 0.25) is 5.88 Å². The lowest BCUT2D eigenvalue weighted by molar-refractivity contribution is 0.161. The topological polar surface area (TPSA) is 101 Å². The first-order chi connectivity index (χ1) is 13.8. The van der Waals surface area contributed by atoms with E-state index in [4.69, 9.17) is 25.0 Å². The smallest absolute Gasteiger partial charge is 0.411 e. The molecule has 1 fully saturated rings. The van der Waals surface area contributed by atoms with E-state index in [2.05, 4.69) is 11.1 Å². The molecule has 2 aromatic heterocycles. The zero-order chi connectivity index (χ0) is 20.6. The number of amides is 1. The minimum Gasteiger partial charge on any atom is -0.453 e. The van der Waals surface area contributed by atoms with Gasteiger partial charge in [-0.1, -0.05) is 26.8 Å². The van der Waals surface area contributed by atoms with E-state index in [1.807, 2.05) is 31.6 Å². The third-order valence-electron chi connectivity index (χ3n) is 4.93. The Hall–Kier alpha value is -2.87. The van der Waals surface area contributed by atoms with Crippen LogP contribution in [0.4, 0.5) is 4.79 Å². The lowest BCUT2D eigenvalue weighted by Crippen LogP contribution is -2.22. The molecule has 0 saturated heterocycles. The summed E-state index contributed by atoms with van der Waals surface area (Å²) in [4.78, 5) is 15.5. The van der Waals surface area contributed by atoms with Crippen molar-refractivity contribution in [2.24, 2.45) is 5.73 Å². The van der Waals surface area contributed by atoms with E-state index < -0.39 is 6.09 Å². The van der Waals surface area contributed by atoms with Gasteiger partial charge in [0.15, 0.2) is 5.75 Å². The Morgan fingerprint density at radius 1 is 1.31 bits per heavy atom. The quantitative estimate of drug-likeness (QED) is 0.818. The molecule has 0 unspecified atom stereocenters. The number of ether oxygens (including phenoxy) is 3. The lowest BCUT2D eigenvalue weighted by atomic mass is 9.87. The summed E-state index contributed by atoms with van der Waals surface area (Å²) >= 11 is 0. The summed E-state index contributed by atoms with van der Waals surface area (Å²) in [5.41, 5.74) is 7.46. The number of pyridine rings is 1. The summed E-state index contributed by atoms with van der Waals surface area (Å²) in [5.74, 6) is 1.39. The van der Waals surface area contributed by atoms with Crippen LogP contribution >= 0.6 is 0 Å². The van der Waals surface area contributed by atoms with Crippen molar-refractivity contribution >= 4 is 11.7 Å². The highest BCUT2D eigenvalue weighted by molar-refractivity contribution is 5.70. The number of hydrogen-bond donors (Lipinski definition) is 1. The normalized spacial score (nSPS) is 17.0. The second kappa shape index (κ2) is 7.51. The number of aromatic nitrogens is 3. The van der Waals surface area contributed by atoms with Gasteiger partial charge < -0.3 is 19.9 Å². The average molecular weight is 398 g/mol. The molecular formula is C21H26N4O4. The number of nitrogens with two attached hydrogens (primary N) is 1. The van der Waals surface area contributed by atoms with Crippen molar-refractivity contribution in [3.8, 4) is 17.4 Å². The van der Waals surface area contributed by atoms with Crippen molar-refractivity contribution in [2.75, 3.05) is 13.2 Å². The van der Waals surface area contributed by atoms with Gasteiger partial charge in [-0.2, -0.15) is 5.10 Å². The summed E-state index contributed by atoms with van der Waals surface area (Å²) in [6.07, 6.45) is 7.68. The van der Waals surface area contributed by atoms with Gasteiger partial charge in [0.25, 0.3) is 0 Å². The van der Waals surface area contributed by atoms with Crippen LogP contribution in [0.25, 0.3) is 5.57 Å². The standard InChI is InChI=1S/C21H26N4O4/c1-21(2,3)17-15(6-9-23-19(17)29-20(22)26)28-16-12-25(14-4-5-14)24-18(16)13-7-10-27-11-8-13/h6-7,9,12,14H,4-5,8,10-11H2,1-3H3,(H2,22,26). The summed E-state index contributed by atoms with van der Waals surface area (Å²) in [6, 6.07) is 2.20. The first kappa shape index (κ1) is 19.4. The van der Waals surface area contributed by atoms with E-state index in [0.29, 0.717) is 36.3 Å². The molecule has 1 amide bonds. The van der Waals surface area contributed by atoms with Crippen molar-refractivity contribution in [1.82, 2.24) is 14.8 Å². The van der Waals surface area contributed by atoms with Crippen LogP contribution in [0.15, 0.2) is 24.5 Å². The lowest BCUT2D eigenvalue weighted by Gasteiger charge is -2.24. The van der Waals surface area contributed by atoms with Gasteiger partial charge in [0.1, 0.15) is 11.4 Å². The van der Waals surface area contributed by atoms with Gasteiger partial charge in [-0.05, 0) is 36.3 Å². The van der Waals surface area contributed by atoms with Gasteiger partial charge in [-0.15, -0.1) is 0 Å². The molecule has 8 nitrogen and oxygen atoms in total. The summed E-state index contributed by atoms with van der Waals surface area (Å²) < 4.78 is 18.9. The maximum atomic E-state index is 11.3. The van der Waals surface area contributed by atoms with E-state index in [1.165, 1.54) is 0 Å². The fourth-order valence-corrected chi connectivity index (χ4v) is 3.43. The van der Waals surface area contributed by atoms with Crippen molar-refractivity contribution < 1.29 is 19.0 Å². The Balaban J connectivity index is 1.76. The van der Waals surface area contributed by atoms with Crippen molar-refractivity contribution in [3.63, 3.8) is 0 Å². The molecule has 154 valence electrons. The van der Waals surface area contributed by atoms with Crippen LogP contribution in [0.1, 0.15) is 57.3 Å². The molecule has 0 radical (unpaired) electrons. The molecule has 0 spiro atoms. The zero-order valence-electron chi connectivity index (χ0n) is 17.0. The molecular weight excluding hydrogens is 372 g/mol. The summed E-state index contributed by atoms with van der Waals surface area (Å²) in [7, 11) is 0. The van der Waals surface area contributed by atoms with Crippen LogP contribution in [0.3, 0.4) is 0 Å². The molecule has 2 N–H and O–H groups in total. The minimum atomic E-state index is -0.908. The predicted octanol–water partition coefficient (Wildman–Crippen LogP) is 3.96. The van der Waals surface area contributed by atoms with Gasteiger partial charge in [-0.3, -0.25) is 4.68 Å². The van der Waals surface area contributed by atoms with Crippen LogP contribution in [0.2, 0.25) is 0 Å². The highest BCUT2D eigenvalue weighted by atomic mass is 16.6. The molecule has 1 aliphatic heterocycles. The van der Waals surface area contributed by atoms with E-state index in [-0.39, 0.29) is 11.3 Å². The van der Waals surface area contributed by atoms with E-state index in [0.717, 1.165) is 30.5 Å². The molecule has 1 saturated carbocycles. The fourth-order valence-electron chi connectivity index (χ4n) is 3.43. The highest BCUT2D eigenvalue weighted by Crippen LogP contribution is 2.43. The molecule has 0 bridgehead atoms. The second-order valence-corrected chi connectivity index (χ2v) is 8.37. The Morgan fingerprint density at radius 3 is 2.72 bits per heavy atom. The van der Waals surface area contributed by atoms with Gasteiger partial charge in [0.05, 0.1) is 31.0 Å². The van der Waals surface area contributed by atoms with Crippen LogP contribution < -0.4 is 15.2 Å². The third-order valence-corrected chi connectivity index (χ3v) is 4.93. The van der Waals surface area contributed by atoms with Crippen LogP contribution in [-0.2, 0) is 10.2 Å². The SMILES string of the molecule is CC(C)(C)c1c(Oc2cn(C3CC3)nc2C2=CCOCC2)ccnc1OC(N)=O. The molecule has 0 aromatic carbocycles. The van der Waals surface area contributed by atoms with E-state index in [9.17, 15) is 4.79 Å². The van der Waals surface area contributed by atoms with Gasteiger partial charge in [-0.25, -0.2) is 9.78 Å². The van der Waals surface area contributed by atoms with Crippen LogP contribution in [-0.4, -0.2) is 34.1 Å². The molecule has 8 heteroatoms. The maximum Gasteiger partial charge on any atom is 0.411 e. The number of hydrogen-bond acceptors (Lipinski definition) is 6. The first-order valence-electron chi connectivity index (χ1n) is 9.84. The van der Waals surface area contributed by atoms with E-state index in [1.54, 1.807) is 12.3 Å². The molecule has 29 heavy (non-hydrogen) atoms. The van der Waals surface area contributed by atoms with Crippen molar-refractivity contribution in [3.05, 3.63) is 35.8 Å². The van der Waals surface area contributed by atoms with Crippen LogP contribution in [0.5, 0.6) is 17.4 Å². The number of primary amides is 1. The van der Waals surface area contributed by atoms with E-state index >= 15 is 0 Å². The average Bonchev–Trinajstić information content (AvgIpc) is 3.42. The molecule has 2 aliphatic rings. The second-order valence-electron chi connectivity index (χ2n) is 8.37. The Labute approximate surface area is 169 Å². The summed E-state index contributed by atoms with van der Waals surface area (Å²) in [5, 5.41) is 4.80. The van der Waals surface area contributed by atoms with Gasteiger partial charge in [0, 0.05) is 6.20 Å². The van der Waals surface area contributed by atoms with Crippen LogP contribution in [0, 0.1) is 0 Å². The van der Waals surface area contributed by atoms with Gasteiger partial charge >= 0.3 is 6.09 Å². The molecule has 0 atom stereocenters. The molecule has 1 aliphatic carbocycles. The first-order valence-corrected chi connectivity index (χ1v) is 9.84. The molecule has 3 heterocycles. The Morgan fingerprint density at radius 2 is 2.10 bits per heavy atom. The Kier molecular flexibility index (Phi) is 5.04. The zero-order valence-corrected chi connectivity index (χ0v) is 17.0. The number of carbonyl (C=O) groups is 1. The number of nitrogens with zero attached hydrogens (tertiary/aromatic N) is 3. The Bertz CT molecular complexity index is 954. The molecule has 4 rings (SSSR count). The van der Waals surface area contributed by atoms with Crippen molar-refractivity contribution in [2.45, 2.75) is 51.5 Å². The molecule has 2 aromatic rings. The largest absolute Gasteiger partial charge is 0.453 e. The highest BCUT2D eigenvalue weighted by Gasteiger charge is 2.30. The fraction of sp³-hybridized carbons (Fsp3) is 0.476.